The zero-order valence-electron chi connectivity index (χ0n) is 11.5. The molecule has 5 nitrogen and oxygen atoms in total. The lowest BCUT2D eigenvalue weighted by Gasteiger charge is -2.33. The van der Waals surface area contributed by atoms with E-state index in [1.54, 1.807) is 41.5 Å². The summed E-state index contributed by atoms with van der Waals surface area (Å²) in [6, 6.07) is 0. The summed E-state index contributed by atoms with van der Waals surface area (Å²) < 4.78 is 5.13. The maximum atomic E-state index is 11.6. The Bertz CT molecular complexity index is 291. The van der Waals surface area contributed by atoms with Gasteiger partial charge in [-0.05, 0) is 40.5 Å². The molecule has 0 heterocycles. The monoisotopic (exact) mass is 245 g/mol. The van der Waals surface area contributed by atoms with Crippen molar-refractivity contribution in [3.05, 3.63) is 0 Å². The van der Waals surface area contributed by atoms with Gasteiger partial charge in [0.15, 0.2) is 0 Å². The summed E-state index contributed by atoms with van der Waals surface area (Å²) in [5.41, 5.74) is -1.18. The summed E-state index contributed by atoms with van der Waals surface area (Å²) in [4.78, 5) is 22.2. The van der Waals surface area contributed by atoms with Crippen molar-refractivity contribution in [1.29, 1.82) is 0 Å². The molecule has 0 aliphatic carbocycles. The van der Waals surface area contributed by atoms with E-state index in [0.717, 1.165) is 0 Å². The Kier molecular flexibility index (Phi) is 4.98. The van der Waals surface area contributed by atoms with Crippen LogP contribution in [0.5, 0.6) is 0 Å². The van der Waals surface area contributed by atoms with Gasteiger partial charge in [-0.15, -0.1) is 0 Å². The van der Waals surface area contributed by atoms with Crippen LogP contribution in [0.2, 0.25) is 0 Å². The van der Waals surface area contributed by atoms with Crippen LogP contribution < -0.4 is 5.32 Å². The lowest BCUT2D eigenvalue weighted by Crippen LogP contribution is -2.50. The Hall–Kier alpha value is -1.26. The standard InChI is InChI=1S/C12H23NO4/c1-8(7-9(14)15)12(5,6)13-10(16)17-11(2,3)4/h8H,7H2,1-6H3,(H,13,16)(H,14,15). The second-order valence-corrected chi connectivity index (χ2v) is 5.85. The zero-order chi connectivity index (χ0) is 13.9. The molecule has 0 rings (SSSR count). The molecule has 0 aliphatic rings. The fourth-order valence-corrected chi connectivity index (χ4v) is 1.21. The van der Waals surface area contributed by atoms with Crippen molar-refractivity contribution in [1.82, 2.24) is 5.32 Å². The summed E-state index contributed by atoms with van der Waals surface area (Å²) in [7, 11) is 0. The van der Waals surface area contributed by atoms with E-state index in [2.05, 4.69) is 5.32 Å². The number of carbonyl (C=O) groups excluding carboxylic acids is 1. The maximum absolute atomic E-state index is 11.6. The van der Waals surface area contributed by atoms with Crippen LogP contribution in [-0.2, 0) is 9.53 Å². The van der Waals surface area contributed by atoms with E-state index in [0.29, 0.717) is 0 Å². The largest absolute Gasteiger partial charge is 0.481 e. The Labute approximate surface area is 103 Å². The second-order valence-electron chi connectivity index (χ2n) is 5.85. The van der Waals surface area contributed by atoms with Crippen LogP contribution in [0.25, 0.3) is 0 Å². The van der Waals surface area contributed by atoms with Gasteiger partial charge in [-0.25, -0.2) is 4.79 Å². The van der Waals surface area contributed by atoms with Crippen molar-refractivity contribution in [2.75, 3.05) is 0 Å². The minimum Gasteiger partial charge on any atom is -0.481 e. The van der Waals surface area contributed by atoms with Gasteiger partial charge in [0, 0.05) is 5.54 Å². The minimum atomic E-state index is -0.878. The van der Waals surface area contributed by atoms with Crippen molar-refractivity contribution in [2.24, 2.45) is 5.92 Å². The number of ether oxygens (including phenoxy) is 1. The Morgan fingerprint density at radius 2 is 1.71 bits per heavy atom. The highest BCUT2D eigenvalue weighted by Crippen LogP contribution is 2.20. The highest BCUT2D eigenvalue weighted by Gasteiger charge is 2.31. The number of hydrogen-bond donors (Lipinski definition) is 2. The van der Waals surface area contributed by atoms with Crippen LogP contribution in [0, 0.1) is 5.92 Å². The molecule has 1 unspecified atom stereocenters. The number of rotatable bonds is 4. The molecule has 1 atom stereocenters. The van der Waals surface area contributed by atoms with Gasteiger partial charge in [-0.1, -0.05) is 6.92 Å². The first-order valence-electron chi connectivity index (χ1n) is 5.67. The van der Waals surface area contributed by atoms with Crippen LogP contribution in [-0.4, -0.2) is 28.3 Å². The predicted octanol–water partition coefficient (Wildman–Crippen LogP) is 2.40. The fraction of sp³-hybridized carbons (Fsp3) is 0.833. The summed E-state index contributed by atoms with van der Waals surface area (Å²) in [5.74, 6) is -1.07. The molecule has 0 saturated heterocycles. The number of aliphatic carboxylic acids is 1. The van der Waals surface area contributed by atoms with E-state index in [1.807, 2.05) is 0 Å². The molecule has 1 amide bonds. The topological polar surface area (TPSA) is 75.6 Å². The van der Waals surface area contributed by atoms with Gasteiger partial charge in [-0.3, -0.25) is 4.79 Å². The molecular weight excluding hydrogens is 222 g/mol. The van der Waals surface area contributed by atoms with Gasteiger partial charge in [0.05, 0.1) is 6.42 Å². The van der Waals surface area contributed by atoms with E-state index in [1.165, 1.54) is 0 Å². The van der Waals surface area contributed by atoms with Crippen molar-refractivity contribution in [3.8, 4) is 0 Å². The van der Waals surface area contributed by atoms with Gasteiger partial charge in [-0.2, -0.15) is 0 Å². The molecule has 0 saturated carbocycles. The Balaban J connectivity index is 4.43. The van der Waals surface area contributed by atoms with E-state index < -0.39 is 23.2 Å². The Morgan fingerprint density at radius 3 is 2.06 bits per heavy atom. The van der Waals surface area contributed by atoms with Crippen molar-refractivity contribution >= 4 is 12.1 Å². The summed E-state index contributed by atoms with van der Waals surface area (Å²) in [5, 5.41) is 11.4. The molecule has 5 heteroatoms. The number of amides is 1. The third-order valence-electron chi connectivity index (χ3n) is 2.54. The van der Waals surface area contributed by atoms with Crippen LogP contribution in [0.1, 0.15) is 48.0 Å². The van der Waals surface area contributed by atoms with Gasteiger partial charge in [0.1, 0.15) is 5.60 Å². The van der Waals surface area contributed by atoms with Crippen molar-refractivity contribution < 1.29 is 19.4 Å². The smallest absolute Gasteiger partial charge is 0.408 e. The third-order valence-corrected chi connectivity index (χ3v) is 2.54. The molecule has 0 radical (unpaired) electrons. The third kappa shape index (κ3) is 6.81. The van der Waals surface area contributed by atoms with Crippen LogP contribution in [0.3, 0.4) is 0 Å². The van der Waals surface area contributed by atoms with E-state index in [9.17, 15) is 9.59 Å². The molecule has 0 aromatic carbocycles. The number of carboxylic acid groups (broad SMARTS) is 1. The molecule has 0 aromatic rings. The molecule has 17 heavy (non-hydrogen) atoms. The number of carbonyl (C=O) groups is 2. The van der Waals surface area contributed by atoms with Gasteiger partial charge in [0.2, 0.25) is 0 Å². The first-order chi connectivity index (χ1) is 7.44. The Morgan fingerprint density at radius 1 is 1.24 bits per heavy atom. The number of carboxylic acids is 1. The summed E-state index contributed by atoms with van der Waals surface area (Å²) in [6.45, 7) is 10.7. The van der Waals surface area contributed by atoms with Gasteiger partial charge in [0.25, 0.3) is 0 Å². The van der Waals surface area contributed by atoms with E-state index in [-0.39, 0.29) is 12.3 Å². The number of hydrogen-bond acceptors (Lipinski definition) is 3. The van der Waals surface area contributed by atoms with Crippen molar-refractivity contribution in [3.63, 3.8) is 0 Å². The first-order valence-corrected chi connectivity index (χ1v) is 5.67. The SMILES string of the molecule is CC(CC(=O)O)C(C)(C)NC(=O)OC(C)(C)C. The van der Waals surface area contributed by atoms with Crippen LogP contribution in [0.4, 0.5) is 4.79 Å². The lowest BCUT2D eigenvalue weighted by atomic mass is 9.86. The number of alkyl carbamates (subject to hydrolysis) is 1. The lowest BCUT2D eigenvalue weighted by molar-refractivity contribution is -0.138. The molecule has 0 aromatic heterocycles. The summed E-state index contributed by atoms with van der Waals surface area (Å²) in [6.07, 6.45) is -0.525. The highest BCUT2D eigenvalue weighted by molar-refractivity contribution is 5.70. The first kappa shape index (κ1) is 15.7. The number of nitrogens with one attached hydrogen (secondary N) is 1. The summed E-state index contributed by atoms with van der Waals surface area (Å²) >= 11 is 0. The molecule has 0 bridgehead atoms. The second kappa shape index (κ2) is 5.38. The van der Waals surface area contributed by atoms with Crippen LogP contribution in [0.15, 0.2) is 0 Å². The predicted molar refractivity (Wildman–Crippen MR) is 64.9 cm³/mol. The quantitative estimate of drug-likeness (QED) is 0.797. The average molecular weight is 245 g/mol. The molecule has 2 N–H and O–H groups in total. The zero-order valence-corrected chi connectivity index (χ0v) is 11.5. The van der Waals surface area contributed by atoms with Crippen LogP contribution >= 0.6 is 0 Å². The maximum Gasteiger partial charge on any atom is 0.408 e. The van der Waals surface area contributed by atoms with Crippen molar-refractivity contribution in [2.45, 2.75) is 59.1 Å². The normalized spacial score (nSPS) is 14.0. The van der Waals surface area contributed by atoms with Gasteiger partial charge < -0.3 is 15.2 Å². The fourth-order valence-electron chi connectivity index (χ4n) is 1.21. The average Bonchev–Trinajstić information content (AvgIpc) is 1.96. The molecule has 0 aliphatic heterocycles. The molecule has 0 fully saturated rings. The molecule has 100 valence electrons. The highest BCUT2D eigenvalue weighted by atomic mass is 16.6. The molecular formula is C12H23NO4. The van der Waals surface area contributed by atoms with Gasteiger partial charge >= 0.3 is 12.1 Å². The van der Waals surface area contributed by atoms with E-state index in [4.69, 9.17) is 9.84 Å². The minimum absolute atomic E-state index is 0.00278. The van der Waals surface area contributed by atoms with E-state index >= 15 is 0 Å². The molecule has 0 spiro atoms.